The molecule has 0 amide bonds. The number of hydrogen-bond donors (Lipinski definition) is 0. The van der Waals surface area contributed by atoms with Crippen LogP contribution in [0, 0.1) is 0 Å². The third kappa shape index (κ3) is 55.7. The number of allylic oxidation sites excluding steroid dienone is 14. The number of carbonyl (C=O) groups excluding carboxylic acids is 2. The normalized spacial score (nSPS) is 12.8. The minimum atomic E-state index is -0.566. The summed E-state index contributed by atoms with van der Waals surface area (Å²) in [6, 6.07) is 0. The van der Waals surface area contributed by atoms with Gasteiger partial charge in [-0.25, -0.2) is 0 Å². The summed E-state index contributed by atoms with van der Waals surface area (Å²) >= 11 is 0. The van der Waals surface area contributed by atoms with E-state index < -0.39 is 6.10 Å². The molecule has 0 aromatic heterocycles. The van der Waals surface area contributed by atoms with E-state index in [-0.39, 0.29) is 25.2 Å². The van der Waals surface area contributed by atoms with Gasteiger partial charge in [0.25, 0.3) is 0 Å². The van der Waals surface area contributed by atoms with Crippen LogP contribution in [-0.4, -0.2) is 37.9 Å². The van der Waals surface area contributed by atoms with Crippen molar-refractivity contribution in [3.8, 4) is 0 Å². The van der Waals surface area contributed by atoms with Gasteiger partial charge in [-0.05, 0) is 116 Å². The third-order valence-corrected chi connectivity index (χ3v) is 12.4. The van der Waals surface area contributed by atoms with Gasteiger partial charge in [0.05, 0.1) is 6.61 Å². The van der Waals surface area contributed by atoms with Crippen LogP contribution in [0.4, 0.5) is 0 Å². The van der Waals surface area contributed by atoms with Crippen LogP contribution in [0.3, 0.4) is 0 Å². The van der Waals surface area contributed by atoms with Gasteiger partial charge >= 0.3 is 11.9 Å². The number of esters is 2. The maximum Gasteiger partial charge on any atom is 0.306 e. The van der Waals surface area contributed by atoms with Crippen LogP contribution in [0.5, 0.6) is 0 Å². The second kappa shape index (κ2) is 58.4. The average Bonchev–Trinajstić information content (AvgIpc) is 3.34. The topological polar surface area (TPSA) is 61.8 Å². The molecule has 0 aliphatic heterocycles. The lowest BCUT2D eigenvalue weighted by molar-refractivity contribution is -0.163. The maximum absolute atomic E-state index is 12.8. The molecule has 0 saturated carbocycles. The Morgan fingerprint density at radius 1 is 0.338 bits per heavy atom. The number of rotatable bonds is 53. The molecule has 0 N–H and O–H groups in total. The Balaban J connectivity index is 4.32. The van der Waals surface area contributed by atoms with Crippen molar-refractivity contribution in [1.29, 1.82) is 0 Å². The lowest BCUT2D eigenvalue weighted by Gasteiger charge is -2.18. The Bertz CT molecular complexity index is 1250. The van der Waals surface area contributed by atoms with Crippen LogP contribution in [-0.2, 0) is 23.8 Å². The SMILES string of the molecule is CC/C=C\C/C=C\C/C=C\C/C=C\CCCCC(=O)OC(COCCCCCCCCCCCC/C=C\CCCCCCCC)COC(=O)CCCCCCCCC/C=C\C/C=C\CCCCC. The molecular formula is C63H110O5. The second-order valence-corrected chi connectivity index (χ2v) is 19.2. The second-order valence-electron chi connectivity index (χ2n) is 19.2. The smallest absolute Gasteiger partial charge is 0.306 e. The molecule has 0 aliphatic carbocycles. The first kappa shape index (κ1) is 65.1. The van der Waals surface area contributed by atoms with Gasteiger partial charge in [0, 0.05) is 19.4 Å². The summed E-state index contributed by atoms with van der Waals surface area (Å²) in [4.78, 5) is 25.5. The zero-order valence-corrected chi connectivity index (χ0v) is 45.1. The summed E-state index contributed by atoms with van der Waals surface area (Å²) in [5.41, 5.74) is 0. The summed E-state index contributed by atoms with van der Waals surface area (Å²) < 4.78 is 17.4. The molecule has 5 heteroatoms. The van der Waals surface area contributed by atoms with Gasteiger partial charge in [-0.3, -0.25) is 9.59 Å². The molecule has 1 atom stereocenters. The largest absolute Gasteiger partial charge is 0.462 e. The van der Waals surface area contributed by atoms with Gasteiger partial charge < -0.3 is 14.2 Å². The third-order valence-electron chi connectivity index (χ3n) is 12.4. The van der Waals surface area contributed by atoms with E-state index in [4.69, 9.17) is 14.2 Å². The molecule has 5 nitrogen and oxygen atoms in total. The van der Waals surface area contributed by atoms with Crippen molar-refractivity contribution in [2.45, 2.75) is 284 Å². The highest BCUT2D eigenvalue weighted by molar-refractivity contribution is 5.70. The first-order valence-corrected chi connectivity index (χ1v) is 29.1. The van der Waals surface area contributed by atoms with Crippen molar-refractivity contribution >= 4 is 11.9 Å². The van der Waals surface area contributed by atoms with E-state index in [2.05, 4.69) is 106 Å². The average molecular weight is 948 g/mol. The van der Waals surface area contributed by atoms with Crippen LogP contribution < -0.4 is 0 Å². The van der Waals surface area contributed by atoms with Gasteiger partial charge in [0.15, 0.2) is 6.10 Å². The summed E-state index contributed by atoms with van der Waals surface area (Å²) in [6.45, 7) is 7.65. The Hall–Kier alpha value is -2.92. The summed E-state index contributed by atoms with van der Waals surface area (Å²) in [6.07, 6.45) is 77.5. The number of ether oxygens (including phenoxy) is 3. The molecule has 1 unspecified atom stereocenters. The Kier molecular flexibility index (Phi) is 55.9. The highest BCUT2D eigenvalue weighted by Crippen LogP contribution is 2.15. The molecule has 0 spiro atoms. The van der Waals surface area contributed by atoms with Gasteiger partial charge in [0.2, 0.25) is 0 Å². The van der Waals surface area contributed by atoms with E-state index in [1.54, 1.807) is 0 Å². The summed E-state index contributed by atoms with van der Waals surface area (Å²) in [7, 11) is 0. The van der Waals surface area contributed by atoms with Crippen molar-refractivity contribution in [3.63, 3.8) is 0 Å². The number of hydrogen-bond acceptors (Lipinski definition) is 5. The minimum absolute atomic E-state index is 0.0617. The molecule has 0 bridgehead atoms. The summed E-state index contributed by atoms with van der Waals surface area (Å²) in [5, 5.41) is 0. The van der Waals surface area contributed by atoms with Crippen molar-refractivity contribution in [2.75, 3.05) is 19.8 Å². The molecule has 0 saturated heterocycles. The predicted octanol–water partition coefficient (Wildman–Crippen LogP) is 20.0. The Morgan fingerprint density at radius 2 is 0.662 bits per heavy atom. The van der Waals surface area contributed by atoms with E-state index >= 15 is 0 Å². The highest BCUT2D eigenvalue weighted by atomic mass is 16.6. The van der Waals surface area contributed by atoms with Gasteiger partial charge in [-0.1, -0.05) is 234 Å². The first-order valence-electron chi connectivity index (χ1n) is 29.1. The quantitative estimate of drug-likeness (QED) is 0.0345. The van der Waals surface area contributed by atoms with Crippen LogP contribution in [0.25, 0.3) is 0 Å². The van der Waals surface area contributed by atoms with E-state index in [1.807, 2.05) is 0 Å². The number of carbonyl (C=O) groups is 2. The maximum atomic E-state index is 12.8. The molecule has 392 valence electrons. The lowest BCUT2D eigenvalue weighted by Crippen LogP contribution is -2.30. The fourth-order valence-electron chi connectivity index (χ4n) is 8.06. The van der Waals surface area contributed by atoms with Crippen LogP contribution >= 0.6 is 0 Å². The highest BCUT2D eigenvalue weighted by Gasteiger charge is 2.17. The van der Waals surface area contributed by atoms with Gasteiger partial charge in [-0.15, -0.1) is 0 Å². The molecule has 0 aliphatic rings. The van der Waals surface area contributed by atoms with Gasteiger partial charge in [0.1, 0.15) is 6.61 Å². The Morgan fingerprint density at radius 3 is 1.13 bits per heavy atom. The molecular weight excluding hydrogens is 837 g/mol. The fraction of sp³-hybridized carbons (Fsp3) is 0.746. The van der Waals surface area contributed by atoms with Crippen molar-refractivity contribution in [2.24, 2.45) is 0 Å². The Labute approximate surface area is 422 Å². The van der Waals surface area contributed by atoms with Crippen molar-refractivity contribution in [3.05, 3.63) is 85.1 Å². The zero-order chi connectivity index (χ0) is 49.2. The predicted molar refractivity (Wildman–Crippen MR) is 297 cm³/mol. The minimum Gasteiger partial charge on any atom is -0.462 e. The van der Waals surface area contributed by atoms with Crippen LogP contribution in [0.2, 0.25) is 0 Å². The molecule has 68 heavy (non-hydrogen) atoms. The molecule has 0 heterocycles. The van der Waals surface area contributed by atoms with Crippen molar-refractivity contribution in [1.82, 2.24) is 0 Å². The lowest BCUT2D eigenvalue weighted by atomic mass is 10.1. The molecule has 0 fully saturated rings. The molecule has 0 aromatic rings. The van der Waals surface area contributed by atoms with E-state index in [0.29, 0.717) is 19.4 Å². The molecule has 0 aromatic carbocycles. The number of unbranched alkanes of at least 4 members (excludes halogenated alkanes) is 28. The molecule has 0 rings (SSSR count). The molecule has 0 radical (unpaired) electrons. The summed E-state index contributed by atoms with van der Waals surface area (Å²) in [5.74, 6) is -0.449. The first-order chi connectivity index (χ1) is 33.6. The standard InChI is InChI=1S/C63H110O5/c1-4-7-10-13-16-19-22-25-28-30-31-32-34-37-40-43-46-49-52-55-58-66-59-61(68-63(65)57-54-51-48-45-42-39-35-27-24-21-18-15-12-9-6-3)60-67-62(64)56-53-50-47-44-41-38-36-33-29-26-23-20-17-14-11-8-5-2/h9,12,17-18,20-21,25-29,35,42,45,61H,4-8,10-11,13-16,19,22-24,30-34,36-41,43-44,46-60H2,1-3H3/b12-9-,20-17-,21-18-,28-25-,29-26-,35-27-,45-42-. The zero-order valence-electron chi connectivity index (χ0n) is 45.1. The van der Waals surface area contributed by atoms with Crippen molar-refractivity contribution < 1.29 is 23.8 Å². The van der Waals surface area contributed by atoms with Crippen LogP contribution in [0.1, 0.15) is 278 Å². The van der Waals surface area contributed by atoms with Gasteiger partial charge in [-0.2, -0.15) is 0 Å². The van der Waals surface area contributed by atoms with E-state index in [1.165, 1.54) is 161 Å². The monoisotopic (exact) mass is 947 g/mol. The van der Waals surface area contributed by atoms with Crippen LogP contribution in [0.15, 0.2) is 85.1 Å². The van der Waals surface area contributed by atoms with E-state index in [9.17, 15) is 9.59 Å². The van der Waals surface area contributed by atoms with E-state index in [0.717, 1.165) is 83.5 Å². The fourth-order valence-corrected chi connectivity index (χ4v) is 8.06.